The van der Waals surface area contributed by atoms with Crippen molar-refractivity contribution in [1.29, 1.82) is 0 Å². The Balaban J connectivity index is 1.73. The Kier molecular flexibility index (Phi) is 7.02. The minimum Gasteiger partial charge on any atom is -0.493 e. The highest BCUT2D eigenvalue weighted by Gasteiger charge is 2.32. The molecule has 2 aromatic rings. The molecule has 0 aromatic heterocycles. The normalized spacial score (nSPS) is 17.3. The monoisotopic (exact) mass is 431 g/mol. The van der Waals surface area contributed by atoms with Crippen molar-refractivity contribution in [2.24, 2.45) is 10.2 Å². The molecule has 0 aliphatic carbocycles. The number of methoxy groups -OCH3 is 1. The quantitative estimate of drug-likeness (QED) is 0.491. The summed E-state index contributed by atoms with van der Waals surface area (Å²) < 4.78 is 24.3. The van der Waals surface area contributed by atoms with Gasteiger partial charge in [0.2, 0.25) is 5.91 Å². The second-order valence-corrected chi connectivity index (χ2v) is 7.33. The first-order valence-electron chi connectivity index (χ1n) is 8.81. The molecule has 0 radical (unpaired) electrons. The molecule has 1 heterocycles. The molecule has 1 atom stereocenters. The van der Waals surface area contributed by atoms with Gasteiger partial charge in [0, 0.05) is 5.56 Å². The lowest BCUT2D eigenvalue weighted by molar-refractivity contribution is -0.138. The molecule has 0 saturated carbocycles. The zero-order chi connectivity index (χ0) is 21.5. The zero-order valence-corrected chi connectivity index (χ0v) is 16.7. The van der Waals surface area contributed by atoms with Crippen molar-refractivity contribution in [3.63, 3.8) is 0 Å². The largest absolute Gasteiger partial charge is 0.493 e. The summed E-state index contributed by atoms with van der Waals surface area (Å²) in [7, 11) is 1.51. The van der Waals surface area contributed by atoms with E-state index in [0.29, 0.717) is 17.1 Å². The number of aliphatic carboxylic acids is 1. The highest BCUT2D eigenvalue weighted by Crippen LogP contribution is 2.31. The van der Waals surface area contributed by atoms with Gasteiger partial charge in [-0.25, -0.2) is 4.39 Å². The zero-order valence-electron chi connectivity index (χ0n) is 15.9. The number of halogens is 1. The van der Waals surface area contributed by atoms with Gasteiger partial charge in [-0.2, -0.15) is 5.10 Å². The van der Waals surface area contributed by atoms with Crippen LogP contribution in [0.5, 0.6) is 11.5 Å². The number of rotatable bonds is 8. The van der Waals surface area contributed by atoms with Crippen molar-refractivity contribution in [1.82, 2.24) is 5.32 Å². The van der Waals surface area contributed by atoms with Crippen LogP contribution in [0.1, 0.15) is 17.5 Å². The number of nitrogens with zero attached hydrogens (tertiary/aromatic N) is 2. The van der Waals surface area contributed by atoms with Crippen molar-refractivity contribution in [2.75, 3.05) is 7.11 Å². The number of benzene rings is 2. The third kappa shape index (κ3) is 5.57. The summed E-state index contributed by atoms with van der Waals surface area (Å²) in [6.45, 7) is 0.193. The number of carboxylic acid groups (broad SMARTS) is 1. The molecule has 1 aliphatic heterocycles. The Morgan fingerprint density at radius 1 is 1.30 bits per heavy atom. The molecule has 1 fully saturated rings. The first-order valence-corrected chi connectivity index (χ1v) is 9.69. The van der Waals surface area contributed by atoms with Gasteiger partial charge in [0.15, 0.2) is 16.7 Å². The predicted octanol–water partition coefficient (Wildman–Crippen LogP) is 2.81. The Morgan fingerprint density at radius 3 is 2.77 bits per heavy atom. The molecule has 1 unspecified atom stereocenters. The SMILES string of the molecule is COc1cccc(C=NN=C2NC(=O)C(CC(=O)O)S2)c1OCc1ccc(F)cc1. The molecule has 2 N–H and O–H groups in total. The summed E-state index contributed by atoms with van der Waals surface area (Å²) >= 11 is 1.01. The number of para-hydroxylation sites is 1. The van der Waals surface area contributed by atoms with Crippen LogP contribution < -0.4 is 14.8 Å². The molecule has 8 nitrogen and oxygen atoms in total. The fourth-order valence-electron chi connectivity index (χ4n) is 2.57. The van der Waals surface area contributed by atoms with Crippen molar-refractivity contribution >= 4 is 35.0 Å². The maximum Gasteiger partial charge on any atom is 0.305 e. The number of nitrogens with one attached hydrogen (secondary N) is 1. The second-order valence-electron chi connectivity index (χ2n) is 6.14. The van der Waals surface area contributed by atoms with Crippen LogP contribution in [0.4, 0.5) is 4.39 Å². The minimum atomic E-state index is -1.06. The number of amides is 1. The molecule has 0 spiro atoms. The van der Waals surface area contributed by atoms with Crippen molar-refractivity contribution < 1.29 is 28.6 Å². The van der Waals surface area contributed by atoms with E-state index in [0.717, 1.165) is 17.3 Å². The van der Waals surface area contributed by atoms with Crippen LogP contribution in [0.25, 0.3) is 0 Å². The third-order valence-electron chi connectivity index (χ3n) is 4.01. The van der Waals surface area contributed by atoms with Crippen LogP contribution >= 0.6 is 11.8 Å². The first-order chi connectivity index (χ1) is 14.5. The van der Waals surface area contributed by atoms with Gasteiger partial charge in [0.1, 0.15) is 17.7 Å². The van der Waals surface area contributed by atoms with Crippen LogP contribution in [0.2, 0.25) is 0 Å². The molecule has 1 saturated heterocycles. The second kappa shape index (κ2) is 9.88. The van der Waals surface area contributed by atoms with Crippen LogP contribution in [-0.4, -0.2) is 40.7 Å². The van der Waals surface area contributed by atoms with E-state index in [-0.39, 0.29) is 24.0 Å². The number of carbonyl (C=O) groups is 2. The predicted molar refractivity (Wildman–Crippen MR) is 111 cm³/mol. The lowest BCUT2D eigenvalue weighted by Crippen LogP contribution is -2.26. The van der Waals surface area contributed by atoms with E-state index in [9.17, 15) is 14.0 Å². The lowest BCUT2D eigenvalue weighted by atomic mass is 10.2. The van der Waals surface area contributed by atoms with E-state index < -0.39 is 17.1 Å². The fourth-order valence-corrected chi connectivity index (χ4v) is 3.49. The van der Waals surface area contributed by atoms with Gasteiger partial charge < -0.3 is 19.9 Å². The van der Waals surface area contributed by atoms with Gasteiger partial charge >= 0.3 is 5.97 Å². The standard InChI is InChI=1S/C20H18FN3O5S/c1-28-15-4-2-3-13(18(15)29-11-12-5-7-14(21)8-6-12)10-22-24-20-23-19(27)16(30-20)9-17(25)26/h2-8,10,16H,9,11H2,1H3,(H,25,26)(H,23,24,27). The van der Waals surface area contributed by atoms with E-state index in [2.05, 4.69) is 15.5 Å². The molecule has 2 aromatic carbocycles. The van der Waals surface area contributed by atoms with E-state index in [4.69, 9.17) is 14.6 Å². The molecule has 1 amide bonds. The van der Waals surface area contributed by atoms with Crippen molar-refractivity contribution in [3.05, 3.63) is 59.4 Å². The summed E-state index contributed by atoms with van der Waals surface area (Å²) in [5.41, 5.74) is 1.36. The van der Waals surface area contributed by atoms with E-state index in [1.807, 2.05) is 0 Å². The number of ether oxygens (including phenoxy) is 2. The summed E-state index contributed by atoms with van der Waals surface area (Å²) in [4.78, 5) is 22.5. The Bertz CT molecular complexity index is 994. The van der Waals surface area contributed by atoms with Crippen LogP contribution in [0, 0.1) is 5.82 Å². The molecule has 3 rings (SSSR count). The van der Waals surface area contributed by atoms with Crippen molar-refractivity contribution in [2.45, 2.75) is 18.3 Å². The highest BCUT2D eigenvalue weighted by atomic mass is 32.2. The molecule has 0 bridgehead atoms. The van der Waals surface area contributed by atoms with Gasteiger partial charge in [0.05, 0.1) is 19.7 Å². The highest BCUT2D eigenvalue weighted by molar-refractivity contribution is 8.15. The topological polar surface area (TPSA) is 110 Å². The molecule has 10 heteroatoms. The van der Waals surface area contributed by atoms with Gasteiger partial charge in [-0.05, 0) is 29.8 Å². The average molecular weight is 431 g/mol. The van der Waals surface area contributed by atoms with Crippen LogP contribution in [0.15, 0.2) is 52.7 Å². The fraction of sp³-hybridized carbons (Fsp3) is 0.200. The van der Waals surface area contributed by atoms with Gasteiger partial charge in [-0.1, -0.05) is 30.0 Å². The van der Waals surface area contributed by atoms with E-state index in [1.165, 1.54) is 25.5 Å². The summed E-state index contributed by atoms with van der Waals surface area (Å²) in [5.74, 6) is -0.892. The van der Waals surface area contributed by atoms with Crippen molar-refractivity contribution in [3.8, 4) is 11.5 Å². The van der Waals surface area contributed by atoms with Gasteiger partial charge in [-0.15, -0.1) is 5.10 Å². The maximum atomic E-state index is 13.1. The Morgan fingerprint density at radius 2 is 2.07 bits per heavy atom. The molecule has 30 heavy (non-hydrogen) atoms. The maximum absolute atomic E-state index is 13.1. The molecule has 156 valence electrons. The van der Waals surface area contributed by atoms with Gasteiger partial charge in [-0.3, -0.25) is 9.59 Å². The van der Waals surface area contributed by atoms with E-state index in [1.54, 1.807) is 30.3 Å². The smallest absolute Gasteiger partial charge is 0.305 e. The summed E-state index contributed by atoms with van der Waals surface area (Å²) in [6.07, 6.45) is 1.14. The number of thioether (sulfide) groups is 1. The van der Waals surface area contributed by atoms with Crippen LogP contribution in [0.3, 0.4) is 0 Å². The Hall–Kier alpha value is -3.40. The number of amidine groups is 1. The number of hydrogen-bond donors (Lipinski definition) is 2. The molecular weight excluding hydrogens is 413 g/mol. The minimum absolute atomic E-state index is 0.193. The number of hydrogen-bond acceptors (Lipinski definition) is 7. The first kappa shape index (κ1) is 21.3. The lowest BCUT2D eigenvalue weighted by Gasteiger charge is -2.13. The van der Waals surface area contributed by atoms with Gasteiger partial charge in [0.25, 0.3) is 0 Å². The van der Waals surface area contributed by atoms with Crippen LogP contribution in [-0.2, 0) is 16.2 Å². The number of carboxylic acids is 1. The Labute approximate surface area is 175 Å². The molecular formula is C20H18FN3O5S. The van der Waals surface area contributed by atoms with E-state index >= 15 is 0 Å². The third-order valence-corrected chi connectivity index (χ3v) is 5.08. The number of carbonyl (C=O) groups excluding carboxylic acids is 1. The molecule has 1 aliphatic rings. The average Bonchev–Trinajstić information content (AvgIpc) is 3.06. The summed E-state index contributed by atoms with van der Waals surface area (Å²) in [6, 6.07) is 11.2. The summed E-state index contributed by atoms with van der Waals surface area (Å²) in [5, 5.41) is 18.7.